The Morgan fingerprint density at radius 2 is 1.73 bits per heavy atom. The van der Waals surface area contributed by atoms with Gasteiger partial charge in [-0.25, -0.2) is 14.4 Å². The molecule has 1 aromatic carbocycles. The molecular formula is C17H18N2O6S. The Morgan fingerprint density at radius 3 is 2.35 bits per heavy atom. The van der Waals surface area contributed by atoms with Crippen LogP contribution in [0.4, 0.5) is 10.7 Å². The van der Waals surface area contributed by atoms with E-state index in [0.29, 0.717) is 11.3 Å². The van der Waals surface area contributed by atoms with E-state index in [2.05, 4.69) is 5.32 Å². The van der Waals surface area contributed by atoms with Crippen LogP contribution in [-0.4, -0.2) is 39.2 Å². The van der Waals surface area contributed by atoms with Gasteiger partial charge in [0.05, 0.1) is 19.8 Å². The van der Waals surface area contributed by atoms with Crippen LogP contribution in [0.15, 0.2) is 24.3 Å². The molecule has 0 atom stereocenters. The first-order valence-corrected chi connectivity index (χ1v) is 8.27. The highest BCUT2D eigenvalue weighted by Crippen LogP contribution is 2.33. The maximum absolute atomic E-state index is 12.4. The summed E-state index contributed by atoms with van der Waals surface area (Å²) in [5.41, 5.74) is 6.88. The van der Waals surface area contributed by atoms with Gasteiger partial charge in [-0.2, -0.15) is 0 Å². The lowest BCUT2D eigenvalue weighted by atomic mass is 10.1. The summed E-state index contributed by atoms with van der Waals surface area (Å²) < 4.78 is 14.7. The molecule has 0 saturated heterocycles. The average Bonchev–Trinajstić information content (AvgIpc) is 3.00. The highest BCUT2D eigenvalue weighted by molar-refractivity contribution is 7.18. The van der Waals surface area contributed by atoms with Crippen molar-refractivity contribution in [3.8, 4) is 0 Å². The molecule has 0 aliphatic heterocycles. The molecule has 138 valence electrons. The summed E-state index contributed by atoms with van der Waals surface area (Å²) in [5.74, 6) is -2.03. The fourth-order valence-corrected chi connectivity index (χ4v) is 3.28. The number of ether oxygens (including phenoxy) is 3. The summed E-state index contributed by atoms with van der Waals surface area (Å²) in [4.78, 5) is 36.4. The quantitative estimate of drug-likeness (QED) is 0.581. The lowest BCUT2D eigenvalue weighted by molar-refractivity contribution is 0.0453. The van der Waals surface area contributed by atoms with Crippen LogP contribution in [0, 0.1) is 0 Å². The van der Waals surface area contributed by atoms with Crippen molar-refractivity contribution in [2.75, 3.05) is 32.3 Å². The van der Waals surface area contributed by atoms with E-state index in [1.54, 1.807) is 31.3 Å². The van der Waals surface area contributed by atoms with E-state index >= 15 is 0 Å². The minimum Gasteiger partial charge on any atom is -0.465 e. The van der Waals surface area contributed by atoms with Crippen LogP contribution in [-0.2, 0) is 20.8 Å². The smallest absolute Gasteiger partial charge is 0.348 e. The summed E-state index contributed by atoms with van der Waals surface area (Å²) >= 11 is 0.871. The summed E-state index contributed by atoms with van der Waals surface area (Å²) in [7, 11) is 4.07. The van der Waals surface area contributed by atoms with Crippen molar-refractivity contribution in [3.05, 3.63) is 45.8 Å². The number of esters is 3. The number of nitrogen functional groups attached to an aromatic ring is 1. The number of carbonyl (C=O) groups is 3. The zero-order valence-electron chi connectivity index (χ0n) is 14.5. The normalized spacial score (nSPS) is 10.1. The van der Waals surface area contributed by atoms with Crippen LogP contribution in [0.1, 0.15) is 36.0 Å². The number of carbonyl (C=O) groups excluding carboxylic acids is 3. The lowest BCUT2D eigenvalue weighted by Crippen LogP contribution is -2.13. The molecule has 0 unspecified atom stereocenters. The highest BCUT2D eigenvalue weighted by atomic mass is 32.1. The third-order valence-corrected chi connectivity index (χ3v) is 4.60. The first-order chi connectivity index (χ1) is 12.4. The average molecular weight is 378 g/mol. The van der Waals surface area contributed by atoms with Gasteiger partial charge in [-0.1, -0.05) is 12.1 Å². The molecule has 0 fully saturated rings. The van der Waals surface area contributed by atoms with Crippen molar-refractivity contribution in [1.29, 1.82) is 0 Å². The number of rotatable bonds is 6. The van der Waals surface area contributed by atoms with Gasteiger partial charge >= 0.3 is 17.9 Å². The number of thiophene rings is 1. The standard InChI is InChI=1S/C17H18N2O6S/c1-19-11-7-5-4-6-9(11)15(20)25-8-10-12(16(21)23-2)14(18)26-13(10)17(22)24-3/h4-7,19H,8,18H2,1-3H3. The minimum atomic E-state index is -0.726. The monoisotopic (exact) mass is 378 g/mol. The minimum absolute atomic E-state index is 0.00685. The SMILES string of the molecule is CNc1ccccc1C(=O)OCc1c(C(=O)OC)sc(N)c1C(=O)OC. The number of nitrogens with two attached hydrogens (primary N) is 1. The molecule has 0 saturated carbocycles. The number of methoxy groups -OCH3 is 2. The van der Waals surface area contributed by atoms with E-state index in [1.165, 1.54) is 14.2 Å². The number of hydrogen-bond acceptors (Lipinski definition) is 9. The predicted molar refractivity (Wildman–Crippen MR) is 96.5 cm³/mol. The Bertz CT molecular complexity index is 846. The number of anilines is 2. The maximum Gasteiger partial charge on any atom is 0.348 e. The van der Waals surface area contributed by atoms with Crippen LogP contribution in [0.3, 0.4) is 0 Å². The van der Waals surface area contributed by atoms with Crippen molar-refractivity contribution in [3.63, 3.8) is 0 Å². The van der Waals surface area contributed by atoms with Crippen LogP contribution in [0.25, 0.3) is 0 Å². The van der Waals surface area contributed by atoms with Crippen LogP contribution < -0.4 is 11.1 Å². The fourth-order valence-electron chi connectivity index (χ4n) is 2.30. The van der Waals surface area contributed by atoms with Gasteiger partial charge in [-0.05, 0) is 12.1 Å². The zero-order valence-corrected chi connectivity index (χ0v) is 15.3. The molecule has 1 heterocycles. The summed E-state index contributed by atoms with van der Waals surface area (Å²) in [6, 6.07) is 6.78. The van der Waals surface area contributed by atoms with E-state index in [4.69, 9.17) is 19.9 Å². The number of hydrogen-bond donors (Lipinski definition) is 2. The molecule has 9 heteroatoms. The van der Waals surface area contributed by atoms with E-state index in [1.807, 2.05) is 0 Å². The molecular weight excluding hydrogens is 360 g/mol. The Labute approximate surface area is 153 Å². The summed E-state index contributed by atoms with van der Waals surface area (Å²) in [5, 5.41) is 2.97. The molecule has 0 aliphatic carbocycles. The number of nitrogens with one attached hydrogen (secondary N) is 1. The molecule has 0 spiro atoms. The zero-order chi connectivity index (χ0) is 19.3. The van der Waals surface area contributed by atoms with Gasteiger partial charge in [-0.3, -0.25) is 0 Å². The fraction of sp³-hybridized carbons (Fsp3) is 0.235. The Hall–Kier alpha value is -3.07. The second-order valence-electron chi connectivity index (χ2n) is 5.00. The first kappa shape index (κ1) is 19.3. The Morgan fingerprint density at radius 1 is 1.08 bits per heavy atom. The summed E-state index contributed by atoms with van der Waals surface area (Å²) in [6.07, 6.45) is 0. The molecule has 26 heavy (non-hydrogen) atoms. The van der Waals surface area contributed by atoms with E-state index in [9.17, 15) is 14.4 Å². The topological polar surface area (TPSA) is 117 Å². The molecule has 1 aromatic heterocycles. The molecule has 0 bridgehead atoms. The molecule has 0 radical (unpaired) electrons. The predicted octanol–water partition coefficient (Wildman–Crippen LogP) is 2.30. The molecule has 2 rings (SSSR count). The first-order valence-electron chi connectivity index (χ1n) is 7.46. The number of benzene rings is 1. The van der Waals surface area contributed by atoms with E-state index in [-0.39, 0.29) is 27.6 Å². The van der Waals surface area contributed by atoms with Gasteiger partial charge in [0.15, 0.2) is 0 Å². The van der Waals surface area contributed by atoms with E-state index < -0.39 is 17.9 Å². The molecule has 2 aromatic rings. The third kappa shape index (κ3) is 3.77. The van der Waals surface area contributed by atoms with Crippen LogP contribution in [0.2, 0.25) is 0 Å². The second-order valence-corrected chi connectivity index (χ2v) is 6.06. The second kappa shape index (κ2) is 8.34. The van der Waals surface area contributed by atoms with Crippen molar-refractivity contribution in [2.45, 2.75) is 6.61 Å². The van der Waals surface area contributed by atoms with Crippen molar-refractivity contribution in [2.24, 2.45) is 0 Å². The third-order valence-electron chi connectivity index (χ3n) is 3.56. The molecule has 3 N–H and O–H groups in total. The summed E-state index contributed by atoms with van der Waals surface area (Å²) in [6.45, 7) is -0.334. The van der Waals surface area contributed by atoms with Crippen molar-refractivity contribution >= 4 is 39.9 Å². The van der Waals surface area contributed by atoms with E-state index in [0.717, 1.165) is 11.3 Å². The van der Waals surface area contributed by atoms with Crippen molar-refractivity contribution < 1.29 is 28.6 Å². The molecule has 0 amide bonds. The molecule has 8 nitrogen and oxygen atoms in total. The Kier molecular flexibility index (Phi) is 6.18. The van der Waals surface area contributed by atoms with Gasteiger partial charge in [0, 0.05) is 18.3 Å². The maximum atomic E-state index is 12.4. The lowest BCUT2D eigenvalue weighted by Gasteiger charge is -2.10. The van der Waals surface area contributed by atoms with Gasteiger partial charge in [0.25, 0.3) is 0 Å². The molecule has 0 aliphatic rings. The van der Waals surface area contributed by atoms with Gasteiger partial charge in [0.2, 0.25) is 0 Å². The van der Waals surface area contributed by atoms with Gasteiger partial charge < -0.3 is 25.3 Å². The highest BCUT2D eigenvalue weighted by Gasteiger charge is 2.28. The largest absolute Gasteiger partial charge is 0.465 e. The van der Waals surface area contributed by atoms with Crippen LogP contribution >= 0.6 is 11.3 Å². The van der Waals surface area contributed by atoms with Gasteiger partial charge in [-0.15, -0.1) is 11.3 Å². The Balaban J connectivity index is 2.34. The van der Waals surface area contributed by atoms with Crippen LogP contribution in [0.5, 0.6) is 0 Å². The van der Waals surface area contributed by atoms with Crippen molar-refractivity contribution in [1.82, 2.24) is 0 Å². The number of para-hydroxylation sites is 1. The van der Waals surface area contributed by atoms with Gasteiger partial charge in [0.1, 0.15) is 22.0 Å².